The predicted octanol–water partition coefficient (Wildman–Crippen LogP) is 3.55. The van der Waals surface area contributed by atoms with Crippen molar-refractivity contribution in [2.75, 3.05) is 20.1 Å². The Hall–Kier alpha value is -0.390. The summed E-state index contributed by atoms with van der Waals surface area (Å²) in [6.45, 7) is 2.87. The van der Waals surface area contributed by atoms with E-state index in [1.54, 1.807) is 0 Å². The Bertz CT molecular complexity index is 202. The second-order valence-corrected chi connectivity index (χ2v) is 4.24. The zero-order valence-corrected chi connectivity index (χ0v) is 9.74. The first-order chi connectivity index (χ1) is 7.10. The van der Waals surface area contributed by atoms with Crippen LogP contribution in [0.4, 0.5) is 22.0 Å². The van der Waals surface area contributed by atoms with Gasteiger partial charge in [0.1, 0.15) is 0 Å². The van der Waals surface area contributed by atoms with Gasteiger partial charge in [0.25, 0.3) is 0 Å². The largest absolute Gasteiger partial charge is 0.454 e. The van der Waals surface area contributed by atoms with Crippen molar-refractivity contribution in [1.29, 1.82) is 0 Å². The third-order valence-electron chi connectivity index (χ3n) is 2.58. The number of hydrogen-bond acceptors (Lipinski definition) is 1. The van der Waals surface area contributed by atoms with Crippen molar-refractivity contribution < 1.29 is 22.0 Å². The van der Waals surface area contributed by atoms with Gasteiger partial charge in [-0.1, -0.05) is 20.3 Å². The molecule has 0 radical (unpaired) electrons. The summed E-state index contributed by atoms with van der Waals surface area (Å²) in [4.78, 5) is 1.03. The molecule has 1 unspecified atom stereocenters. The van der Waals surface area contributed by atoms with E-state index in [1.165, 1.54) is 7.05 Å². The summed E-state index contributed by atoms with van der Waals surface area (Å²) >= 11 is 0. The van der Waals surface area contributed by atoms with E-state index in [0.717, 1.165) is 11.3 Å². The molecule has 0 aliphatic carbocycles. The van der Waals surface area contributed by atoms with Crippen LogP contribution >= 0.6 is 0 Å². The Morgan fingerprint density at radius 3 is 2.00 bits per heavy atom. The van der Waals surface area contributed by atoms with Gasteiger partial charge in [-0.15, -0.1) is 0 Å². The minimum atomic E-state index is -5.46. The molecular weight excluding hydrogens is 229 g/mol. The van der Waals surface area contributed by atoms with Gasteiger partial charge in [0.15, 0.2) is 0 Å². The van der Waals surface area contributed by atoms with Crippen molar-refractivity contribution in [3.05, 3.63) is 0 Å². The highest BCUT2D eigenvalue weighted by Gasteiger charge is 2.57. The monoisotopic (exact) mass is 247 g/mol. The fourth-order valence-corrected chi connectivity index (χ4v) is 1.15. The Kier molecular flexibility index (Phi) is 5.65. The van der Waals surface area contributed by atoms with Crippen LogP contribution in [0.3, 0.4) is 0 Å². The maximum absolute atomic E-state index is 12.6. The molecule has 0 amide bonds. The molecule has 0 aromatic heterocycles. The number of nitrogens with zero attached hydrogens (tertiary/aromatic N) is 1. The Balaban J connectivity index is 4.09. The molecule has 0 saturated carbocycles. The van der Waals surface area contributed by atoms with Gasteiger partial charge in [-0.2, -0.15) is 22.0 Å². The average Bonchev–Trinajstić information content (AvgIpc) is 2.11. The summed E-state index contributed by atoms with van der Waals surface area (Å²) in [5.74, 6) is -4.29. The third kappa shape index (κ3) is 5.09. The number of alkyl halides is 5. The van der Waals surface area contributed by atoms with E-state index in [-0.39, 0.29) is 6.54 Å². The van der Waals surface area contributed by atoms with E-state index >= 15 is 0 Å². The minimum absolute atomic E-state index is 0.251. The van der Waals surface area contributed by atoms with Gasteiger partial charge >= 0.3 is 12.1 Å². The van der Waals surface area contributed by atoms with Crippen molar-refractivity contribution in [2.45, 2.75) is 38.8 Å². The lowest BCUT2D eigenvalue weighted by molar-refractivity contribution is -0.285. The van der Waals surface area contributed by atoms with Crippen LogP contribution in [0.5, 0.6) is 0 Å². The van der Waals surface area contributed by atoms with Crippen molar-refractivity contribution in [1.82, 2.24) is 4.90 Å². The van der Waals surface area contributed by atoms with Crippen molar-refractivity contribution in [3.8, 4) is 0 Å². The molecule has 1 nitrogen and oxygen atoms in total. The summed E-state index contributed by atoms with van der Waals surface area (Å²) in [5, 5.41) is 0. The third-order valence-corrected chi connectivity index (χ3v) is 2.58. The van der Waals surface area contributed by atoms with Gasteiger partial charge in [0.05, 0.1) is 6.54 Å². The fourth-order valence-electron chi connectivity index (χ4n) is 1.15. The van der Waals surface area contributed by atoms with E-state index in [9.17, 15) is 22.0 Å². The van der Waals surface area contributed by atoms with E-state index < -0.39 is 18.6 Å². The Labute approximate surface area is 92.6 Å². The summed E-state index contributed by atoms with van der Waals surface area (Å²) in [6.07, 6.45) is -3.94. The maximum Gasteiger partial charge on any atom is 0.454 e. The van der Waals surface area contributed by atoms with Gasteiger partial charge in [0, 0.05) is 0 Å². The van der Waals surface area contributed by atoms with Gasteiger partial charge < -0.3 is 4.90 Å². The lowest BCUT2D eigenvalue weighted by Gasteiger charge is -2.26. The molecule has 0 bridgehead atoms. The molecule has 1 atom stereocenters. The molecule has 0 N–H and O–H groups in total. The summed E-state index contributed by atoms with van der Waals surface area (Å²) < 4.78 is 60.9. The van der Waals surface area contributed by atoms with Gasteiger partial charge in [-0.3, -0.25) is 0 Å². The second kappa shape index (κ2) is 5.80. The van der Waals surface area contributed by atoms with Crippen LogP contribution in [0.1, 0.15) is 26.7 Å². The lowest BCUT2D eigenvalue weighted by Crippen LogP contribution is -2.46. The minimum Gasteiger partial charge on any atom is -0.300 e. The zero-order valence-electron chi connectivity index (χ0n) is 9.74. The smallest absolute Gasteiger partial charge is 0.300 e. The summed E-state index contributed by atoms with van der Waals surface area (Å²) in [6, 6.07) is 0. The number of hydrogen-bond donors (Lipinski definition) is 0. The first-order valence-electron chi connectivity index (χ1n) is 5.23. The fraction of sp³-hybridized carbons (Fsp3) is 1.00. The molecule has 0 fully saturated rings. The standard InChI is InChI=1S/C10H18F5N/c1-4-8(2)5-6-16(3)7-9(11,12)10(13,14)15/h8H,4-7H2,1-3H3. The summed E-state index contributed by atoms with van der Waals surface area (Å²) in [5.41, 5.74) is 0. The van der Waals surface area contributed by atoms with Gasteiger partial charge in [-0.25, -0.2) is 0 Å². The van der Waals surface area contributed by atoms with E-state index in [1.807, 2.05) is 13.8 Å². The second-order valence-electron chi connectivity index (χ2n) is 4.24. The highest BCUT2D eigenvalue weighted by atomic mass is 19.4. The highest BCUT2D eigenvalue weighted by Crippen LogP contribution is 2.35. The number of rotatable bonds is 6. The van der Waals surface area contributed by atoms with E-state index in [0.29, 0.717) is 12.3 Å². The molecule has 6 heteroatoms. The average molecular weight is 247 g/mol. The molecule has 0 aromatic rings. The molecule has 0 saturated heterocycles. The van der Waals surface area contributed by atoms with Gasteiger partial charge in [0.2, 0.25) is 0 Å². The molecule has 0 aliphatic heterocycles. The first-order valence-corrected chi connectivity index (χ1v) is 5.23. The molecule has 0 rings (SSSR count). The Morgan fingerprint density at radius 1 is 1.12 bits per heavy atom. The molecule has 0 spiro atoms. The van der Waals surface area contributed by atoms with Crippen LogP contribution in [0.25, 0.3) is 0 Å². The quantitative estimate of drug-likeness (QED) is 0.649. The molecule has 98 valence electrons. The highest BCUT2D eigenvalue weighted by molar-refractivity contribution is 4.79. The number of halogens is 5. The van der Waals surface area contributed by atoms with Crippen LogP contribution in [-0.2, 0) is 0 Å². The van der Waals surface area contributed by atoms with Crippen LogP contribution in [0.15, 0.2) is 0 Å². The topological polar surface area (TPSA) is 3.24 Å². The van der Waals surface area contributed by atoms with Crippen LogP contribution in [0, 0.1) is 5.92 Å². The lowest BCUT2D eigenvalue weighted by atomic mass is 10.1. The molecule has 16 heavy (non-hydrogen) atoms. The zero-order chi connectivity index (χ0) is 13.0. The van der Waals surface area contributed by atoms with Crippen molar-refractivity contribution >= 4 is 0 Å². The van der Waals surface area contributed by atoms with E-state index in [4.69, 9.17) is 0 Å². The predicted molar refractivity (Wildman–Crippen MR) is 52.6 cm³/mol. The normalized spacial score (nSPS) is 15.6. The van der Waals surface area contributed by atoms with Gasteiger partial charge in [-0.05, 0) is 25.9 Å². The summed E-state index contributed by atoms with van der Waals surface area (Å²) in [7, 11) is 1.28. The van der Waals surface area contributed by atoms with Crippen LogP contribution < -0.4 is 0 Å². The van der Waals surface area contributed by atoms with Crippen molar-refractivity contribution in [3.63, 3.8) is 0 Å². The molecule has 0 aromatic carbocycles. The van der Waals surface area contributed by atoms with Crippen LogP contribution in [-0.4, -0.2) is 37.1 Å². The Morgan fingerprint density at radius 2 is 1.62 bits per heavy atom. The maximum atomic E-state index is 12.6. The first kappa shape index (κ1) is 15.6. The molecular formula is C10H18F5N. The van der Waals surface area contributed by atoms with E-state index in [2.05, 4.69) is 0 Å². The van der Waals surface area contributed by atoms with Crippen molar-refractivity contribution in [2.24, 2.45) is 5.92 Å². The molecule has 0 aliphatic rings. The SMILES string of the molecule is CCC(C)CCN(C)CC(F)(F)C(F)(F)F. The van der Waals surface area contributed by atoms with Crippen LogP contribution in [0.2, 0.25) is 0 Å². The molecule has 0 heterocycles.